The van der Waals surface area contributed by atoms with Gasteiger partial charge < -0.3 is 14.2 Å². The molecule has 0 rings (SSSR count). The maximum Gasteiger partial charge on any atom is 0.330 e. The zero-order chi connectivity index (χ0) is 10.6. The molecule has 0 heterocycles. The molecule has 0 aromatic rings. The van der Waals surface area contributed by atoms with Crippen LogP contribution in [0.1, 0.15) is 13.3 Å². The minimum atomic E-state index is -0.365. The first-order valence-electron chi connectivity index (χ1n) is 4.71. The van der Waals surface area contributed by atoms with E-state index in [9.17, 15) is 4.79 Å². The van der Waals surface area contributed by atoms with E-state index < -0.39 is 0 Å². The van der Waals surface area contributed by atoms with Crippen molar-refractivity contribution in [2.45, 2.75) is 13.3 Å². The topological polar surface area (TPSA) is 44.8 Å². The Kier molecular flexibility index (Phi) is 9.58. The summed E-state index contributed by atoms with van der Waals surface area (Å²) in [7, 11) is 1.34. The van der Waals surface area contributed by atoms with E-state index in [1.807, 2.05) is 0 Å². The van der Waals surface area contributed by atoms with E-state index in [0.29, 0.717) is 19.8 Å². The number of hydrogen-bond donors (Lipinski definition) is 0. The Morgan fingerprint density at radius 3 is 2.57 bits per heavy atom. The van der Waals surface area contributed by atoms with Crippen LogP contribution in [0.4, 0.5) is 0 Å². The summed E-state index contributed by atoms with van der Waals surface area (Å²) in [6.07, 6.45) is 3.97. The van der Waals surface area contributed by atoms with Crippen molar-refractivity contribution in [1.29, 1.82) is 0 Å². The highest BCUT2D eigenvalue weighted by molar-refractivity contribution is 5.81. The van der Waals surface area contributed by atoms with E-state index in [4.69, 9.17) is 9.47 Å². The van der Waals surface area contributed by atoms with Gasteiger partial charge in [0, 0.05) is 12.7 Å². The van der Waals surface area contributed by atoms with Crippen LogP contribution in [0.2, 0.25) is 0 Å². The second-order valence-electron chi connectivity index (χ2n) is 2.61. The SMILES string of the molecule is CCCOCCOC/C=C/C(=O)OC. The monoisotopic (exact) mass is 202 g/mol. The lowest BCUT2D eigenvalue weighted by atomic mass is 10.5. The Balaban J connectivity index is 3.13. The summed E-state index contributed by atoms with van der Waals surface area (Å²) in [5, 5.41) is 0. The minimum absolute atomic E-state index is 0.365. The van der Waals surface area contributed by atoms with E-state index in [2.05, 4.69) is 11.7 Å². The fourth-order valence-electron chi connectivity index (χ4n) is 0.728. The van der Waals surface area contributed by atoms with Gasteiger partial charge >= 0.3 is 5.97 Å². The fourth-order valence-corrected chi connectivity index (χ4v) is 0.728. The molecule has 0 spiro atoms. The Morgan fingerprint density at radius 1 is 1.21 bits per heavy atom. The Labute approximate surface area is 84.8 Å². The molecule has 0 radical (unpaired) electrons. The molecular formula is C10H18O4. The van der Waals surface area contributed by atoms with Gasteiger partial charge in [-0.3, -0.25) is 0 Å². The smallest absolute Gasteiger partial charge is 0.330 e. The van der Waals surface area contributed by atoms with Crippen LogP contribution in [0.25, 0.3) is 0 Å². The van der Waals surface area contributed by atoms with Gasteiger partial charge in [-0.25, -0.2) is 4.79 Å². The molecule has 0 saturated carbocycles. The summed E-state index contributed by atoms with van der Waals surface area (Å²) >= 11 is 0. The van der Waals surface area contributed by atoms with Crippen LogP contribution < -0.4 is 0 Å². The lowest BCUT2D eigenvalue weighted by Gasteiger charge is -2.01. The van der Waals surface area contributed by atoms with Crippen molar-refractivity contribution >= 4 is 5.97 Å². The molecule has 82 valence electrons. The number of rotatable bonds is 8. The quantitative estimate of drug-likeness (QED) is 0.336. The third-order valence-corrected chi connectivity index (χ3v) is 1.39. The summed E-state index contributed by atoms with van der Waals surface area (Å²) in [5.41, 5.74) is 0. The highest BCUT2D eigenvalue weighted by Gasteiger charge is 1.90. The van der Waals surface area contributed by atoms with Crippen LogP contribution in [0, 0.1) is 0 Å². The van der Waals surface area contributed by atoms with Crippen LogP contribution in [0.5, 0.6) is 0 Å². The first kappa shape index (κ1) is 13.1. The highest BCUT2D eigenvalue weighted by Crippen LogP contribution is 1.83. The number of hydrogen-bond acceptors (Lipinski definition) is 4. The lowest BCUT2D eigenvalue weighted by molar-refractivity contribution is -0.134. The Morgan fingerprint density at radius 2 is 1.93 bits per heavy atom. The van der Waals surface area contributed by atoms with Crippen molar-refractivity contribution in [2.24, 2.45) is 0 Å². The van der Waals surface area contributed by atoms with Crippen LogP contribution in [-0.2, 0) is 19.0 Å². The van der Waals surface area contributed by atoms with Gasteiger partial charge in [-0.1, -0.05) is 13.0 Å². The normalized spacial score (nSPS) is 10.7. The van der Waals surface area contributed by atoms with Gasteiger partial charge in [-0.05, 0) is 6.42 Å². The summed E-state index contributed by atoms with van der Waals surface area (Å²) in [5.74, 6) is -0.365. The zero-order valence-corrected chi connectivity index (χ0v) is 8.82. The maximum absolute atomic E-state index is 10.6. The summed E-state index contributed by atoms with van der Waals surface area (Å²) < 4.78 is 14.8. The van der Waals surface area contributed by atoms with Crippen molar-refractivity contribution in [3.63, 3.8) is 0 Å². The molecule has 0 fully saturated rings. The summed E-state index contributed by atoms with van der Waals surface area (Å²) in [6.45, 7) is 4.37. The van der Waals surface area contributed by atoms with Gasteiger partial charge in [0.25, 0.3) is 0 Å². The molecule has 14 heavy (non-hydrogen) atoms. The van der Waals surface area contributed by atoms with Crippen molar-refractivity contribution in [2.75, 3.05) is 33.5 Å². The van der Waals surface area contributed by atoms with E-state index in [1.54, 1.807) is 6.08 Å². The molecule has 4 nitrogen and oxygen atoms in total. The molecule has 4 heteroatoms. The van der Waals surface area contributed by atoms with Crippen molar-refractivity contribution < 1.29 is 19.0 Å². The molecular weight excluding hydrogens is 184 g/mol. The minimum Gasteiger partial charge on any atom is -0.466 e. The molecule has 0 saturated heterocycles. The molecule has 0 unspecified atom stereocenters. The highest BCUT2D eigenvalue weighted by atomic mass is 16.5. The molecule has 0 atom stereocenters. The number of ether oxygens (including phenoxy) is 3. The average molecular weight is 202 g/mol. The average Bonchev–Trinajstić information content (AvgIpc) is 2.21. The second-order valence-corrected chi connectivity index (χ2v) is 2.61. The predicted molar refractivity (Wildman–Crippen MR) is 53.1 cm³/mol. The van der Waals surface area contributed by atoms with Gasteiger partial charge in [0.2, 0.25) is 0 Å². The Bertz CT molecular complexity index is 166. The molecule has 0 aliphatic heterocycles. The summed E-state index contributed by atoms with van der Waals surface area (Å²) in [6, 6.07) is 0. The standard InChI is InChI=1S/C10H18O4/c1-3-6-13-8-9-14-7-4-5-10(11)12-2/h4-5H,3,6-9H2,1-2H3/b5-4+. The van der Waals surface area contributed by atoms with Crippen LogP contribution in [-0.4, -0.2) is 39.5 Å². The first-order valence-corrected chi connectivity index (χ1v) is 4.71. The van der Waals surface area contributed by atoms with Crippen molar-refractivity contribution in [1.82, 2.24) is 0 Å². The third kappa shape index (κ3) is 9.22. The van der Waals surface area contributed by atoms with E-state index in [1.165, 1.54) is 13.2 Å². The lowest BCUT2D eigenvalue weighted by Crippen LogP contribution is -2.05. The van der Waals surface area contributed by atoms with E-state index in [0.717, 1.165) is 13.0 Å². The Hall–Kier alpha value is -0.870. The van der Waals surface area contributed by atoms with Crippen LogP contribution in [0.15, 0.2) is 12.2 Å². The van der Waals surface area contributed by atoms with Gasteiger partial charge in [-0.2, -0.15) is 0 Å². The largest absolute Gasteiger partial charge is 0.466 e. The third-order valence-electron chi connectivity index (χ3n) is 1.39. The molecule has 0 aliphatic carbocycles. The predicted octanol–water partition coefficient (Wildman–Crippen LogP) is 1.16. The van der Waals surface area contributed by atoms with E-state index in [-0.39, 0.29) is 5.97 Å². The molecule has 0 aromatic carbocycles. The van der Waals surface area contributed by atoms with Gasteiger partial charge in [-0.15, -0.1) is 0 Å². The fraction of sp³-hybridized carbons (Fsp3) is 0.700. The van der Waals surface area contributed by atoms with Crippen LogP contribution >= 0.6 is 0 Å². The van der Waals surface area contributed by atoms with Crippen molar-refractivity contribution in [3.05, 3.63) is 12.2 Å². The van der Waals surface area contributed by atoms with Crippen molar-refractivity contribution in [3.8, 4) is 0 Å². The maximum atomic E-state index is 10.6. The molecule has 0 amide bonds. The molecule has 0 bridgehead atoms. The number of esters is 1. The zero-order valence-electron chi connectivity index (χ0n) is 8.82. The number of carbonyl (C=O) groups excluding carboxylic acids is 1. The first-order chi connectivity index (χ1) is 6.81. The molecule has 0 aromatic heterocycles. The molecule has 0 N–H and O–H groups in total. The second kappa shape index (κ2) is 10.2. The van der Waals surface area contributed by atoms with Gasteiger partial charge in [0.1, 0.15) is 0 Å². The molecule has 0 aliphatic rings. The number of carbonyl (C=O) groups is 1. The summed E-state index contributed by atoms with van der Waals surface area (Å²) in [4.78, 5) is 10.6. The van der Waals surface area contributed by atoms with E-state index >= 15 is 0 Å². The van der Waals surface area contributed by atoms with Crippen LogP contribution in [0.3, 0.4) is 0 Å². The van der Waals surface area contributed by atoms with Gasteiger partial charge in [0.15, 0.2) is 0 Å². The number of methoxy groups -OCH3 is 1. The van der Waals surface area contributed by atoms with Gasteiger partial charge in [0.05, 0.1) is 26.9 Å².